The van der Waals surface area contributed by atoms with Crippen molar-refractivity contribution in [2.24, 2.45) is 0 Å². The third-order valence-electron chi connectivity index (χ3n) is 1.78. The molecule has 0 radical (unpaired) electrons. The van der Waals surface area contributed by atoms with Crippen molar-refractivity contribution in [1.82, 2.24) is 9.71 Å². The van der Waals surface area contributed by atoms with Gasteiger partial charge in [0.25, 0.3) is 10.2 Å². The number of nitrogens with one attached hydrogen (secondary N) is 2. The lowest BCUT2D eigenvalue weighted by atomic mass is 10.3. The van der Waals surface area contributed by atoms with E-state index in [1.165, 1.54) is 17.7 Å². The van der Waals surface area contributed by atoms with Crippen molar-refractivity contribution in [1.29, 1.82) is 0 Å². The fraction of sp³-hybridized carbons (Fsp3) is 0.375. The average molecular weight is 304 g/mol. The van der Waals surface area contributed by atoms with Crippen molar-refractivity contribution in [3.63, 3.8) is 0 Å². The zero-order valence-corrected chi connectivity index (χ0v) is 10.6. The highest BCUT2D eigenvalue weighted by Crippen LogP contribution is 2.18. The number of hydrogen-bond donors (Lipinski definition) is 2. The lowest BCUT2D eigenvalue weighted by molar-refractivity contribution is -0.121. The average Bonchev–Trinajstić information content (AvgIpc) is 2.19. The minimum absolute atomic E-state index is 0.0501. The molecule has 0 bridgehead atoms. The molecule has 0 saturated carbocycles. The lowest BCUT2D eigenvalue weighted by Gasteiger charge is -2.12. The van der Waals surface area contributed by atoms with E-state index in [0.717, 1.165) is 6.20 Å². The molecule has 0 atom stereocenters. The van der Waals surface area contributed by atoms with Crippen LogP contribution in [0.5, 0.6) is 0 Å². The highest BCUT2D eigenvalue weighted by atomic mass is 35.5. The predicted octanol–water partition coefficient (Wildman–Crippen LogP) is 1.85. The van der Waals surface area contributed by atoms with Crippen LogP contribution in [0.15, 0.2) is 12.3 Å². The quantitative estimate of drug-likeness (QED) is 0.834. The van der Waals surface area contributed by atoms with Crippen molar-refractivity contribution < 1.29 is 21.6 Å². The molecule has 18 heavy (non-hydrogen) atoms. The van der Waals surface area contributed by atoms with E-state index in [-0.39, 0.29) is 10.8 Å². The summed E-state index contributed by atoms with van der Waals surface area (Å²) in [6.07, 6.45) is -3.51. The standard InChI is InChI=1S/C8H9ClF3N3O2S/c1-5-2-7(9)13-3-6(5)15-18(16,17)14-4-8(10,11)12/h2-3,14-15H,4H2,1H3. The molecule has 102 valence electrons. The van der Waals surface area contributed by atoms with Gasteiger partial charge in [0, 0.05) is 0 Å². The summed E-state index contributed by atoms with van der Waals surface area (Å²) in [6, 6.07) is 1.38. The Morgan fingerprint density at radius 2 is 2.06 bits per heavy atom. The number of alkyl halides is 3. The van der Waals surface area contributed by atoms with Crippen LogP contribution in [0.25, 0.3) is 0 Å². The van der Waals surface area contributed by atoms with Crippen LogP contribution >= 0.6 is 11.6 Å². The van der Waals surface area contributed by atoms with Gasteiger partial charge in [-0.2, -0.15) is 26.3 Å². The zero-order chi connectivity index (χ0) is 14.0. The summed E-state index contributed by atoms with van der Waals surface area (Å²) in [5.74, 6) is 0. The number of pyridine rings is 1. The van der Waals surface area contributed by atoms with Crippen LogP contribution in [0.4, 0.5) is 18.9 Å². The van der Waals surface area contributed by atoms with Gasteiger partial charge in [-0.3, -0.25) is 4.72 Å². The third kappa shape index (κ3) is 5.07. The lowest BCUT2D eigenvalue weighted by Crippen LogP contribution is -2.37. The van der Waals surface area contributed by atoms with Crippen LogP contribution in [0, 0.1) is 6.92 Å². The van der Waals surface area contributed by atoms with Gasteiger partial charge in [-0.05, 0) is 18.6 Å². The monoisotopic (exact) mass is 303 g/mol. The van der Waals surface area contributed by atoms with E-state index < -0.39 is 22.9 Å². The summed E-state index contributed by atoms with van der Waals surface area (Å²) >= 11 is 5.56. The van der Waals surface area contributed by atoms with Crippen molar-refractivity contribution in [3.8, 4) is 0 Å². The summed E-state index contributed by atoms with van der Waals surface area (Å²) in [4.78, 5) is 3.62. The van der Waals surface area contributed by atoms with E-state index >= 15 is 0 Å². The highest BCUT2D eigenvalue weighted by Gasteiger charge is 2.29. The van der Waals surface area contributed by atoms with Gasteiger partial charge >= 0.3 is 6.18 Å². The fourth-order valence-electron chi connectivity index (χ4n) is 0.986. The van der Waals surface area contributed by atoms with Crippen LogP contribution in [-0.4, -0.2) is 26.1 Å². The topological polar surface area (TPSA) is 71.1 Å². The van der Waals surface area contributed by atoms with Crippen LogP contribution in [-0.2, 0) is 10.2 Å². The van der Waals surface area contributed by atoms with E-state index in [9.17, 15) is 21.6 Å². The first-order chi connectivity index (χ1) is 8.09. The molecular weight excluding hydrogens is 295 g/mol. The molecule has 0 aromatic carbocycles. The van der Waals surface area contributed by atoms with Gasteiger partial charge in [-0.1, -0.05) is 11.6 Å². The van der Waals surface area contributed by atoms with E-state index in [1.807, 2.05) is 4.72 Å². The first kappa shape index (κ1) is 15.0. The molecule has 2 N–H and O–H groups in total. The second-order valence-electron chi connectivity index (χ2n) is 3.36. The molecule has 0 saturated heterocycles. The molecule has 1 rings (SSSR count). The Kier molecular flexibility index (Phi) is 4.41. The minimum atomic E-state index is -4.62. The zero-order valence-electron chi connectivity index (χ0n) is 9.05. The number of hydrogen-bond acceptors (Lipinski definition) is 3. The molecule has 10 heteroatoms. The van der Waals surface area contributed by atoms with Gasteiger partial charge in [-0.15, -0.1) is 0 Å². The molecule has 0 amide bonds. The summed E-state index contributed by atoms with van der Waals surface area (Å²) in [7, 11) is -4.31. The number of rotatable bonds is 4. The fourth-order valence-corrected chi connectivity index (χ4v) is 2.13. The van der Waals surface area contributed by atoms with Crippen molar-refractivity contribution >= 4 is 27.5 Å². The van der Waals surface area contributed by atoms with Crippen LogP contribution < -0.4 is 9.44 Å². The smallest absolute Gasteiger partial charge is 0.269 e. The van der Waals surface area contributed by atoms with E-state index in [0.29, 0.717) is 5.56 Å². The summed E-state index contributed by atoms with van der Waals surface area (Å²) in [5.41, 5.74) is 0.487. The maximum atomic E-state index is 11.9. The van der Waals surface area contributed by atoms with Crippen LogP contribution in [0.1, 0.15) is 5.56 Å². The molecule has 1 aromatic heterocycles. The summed E-state index contributed by atoms with van der Waals surface area (Å²) in [6.45, 7) is -0.114. The van der Waals surface area contributed by atoms with E-state index in [4.69, 9.17) is 11.6 Å². The van der Waals surface area contributed by atoms with Crippen LogP contribution in [0.3, 0.4) is 0 Å². The van der Waals surface area contributed by atoms with E-state index in [1.54, 1.807) is 0 Å². The van der Waals surface area contributed by atoms with Crippen molar-refractivity contribution in [2.45, 2.75) is 13.1 Å². The Labute approximate surface area is 107 Å². The Morgan fingerprint density at radius 3 is 2.56 bits per heavy atom. The van der Waals surface area contributed by atoms with Crippen LogP contribution in [0.2, 0.25) is 5.15 Å². The molecular formula is C8H9ClF3N3O2S. The highest BCUT2D eigenvalue weighted by molar-refractivity contribution is 7.90. The van der Waals surface area contributed by atoms with Crippen molar-refractivity contribution in [2.75, 3.05) is 11.3 Å². The first-order valence-corrected chi connectivity index (χ1v) is 6.41. The molecule has 0 aliphatic carbocycles. The Morgan fingerprint density at radius 1 is 1.44 bits per heavy atom. The van der Waals surface area contributed by atoms with Gasteiger partial charge in [-0.25, -0.2) is 4.98 Å². The van der Waals surface area contributed by atoms with Gasteiger partial charge in [0.1, 0.15) is 11.7 Å². The number of halogens is 4. The summed E-state index contributed by atoms with van der Waals surface area (Å²) < 4.78 is 61.5. The SMILES string of the molecule is Cc1cc(Cl)ncc1NS(=O)(=O)NCC(F)(F)F. The van der Waals surface area contributed by atoms with E-state index in [2.05, 4.69) is 4.98 Å². The number of anilines is 1. The molecule has 1 heterocycles. The van der Waals surface area contributed by atoms with Gasteiger partial charge in [0.2, 0.25) is 0 Å². The minimum Gasteiger partial charge on any atom is -0.269 e. The maximum Gasteiger partial charge on any atom is 0.402 e. The number of aryl methyl sites for hydroxylation is 1. The van der Waals surface area contributed by atoms with Gasteiger partial charge < -0.3 is 0 Å². The molecule has 0 aliphatic rings. The van der Waals surface area contributed by atoms with Gasteiger partial charge in [0.15, 0.2) is 0 Å². The molecule has 0 fully saturated rings. The van der Waals surface area contributed by atoms with Gasteiger partial charge in [0.05, 0.1) is 11.9 Å². The first-order valence-electron chi connectivity index (χ1n) is 4.55. The largest absolute Gasteiger partial charge is 0.402 e. The Balaban J connectivity index is 2.77. The van der Waals surface area contributed by atoms with Crippen molar-refractivity contribution in [3.05, 3.63) is 23.0 Å². The number of nitrogens with zero attached hydrogens (tertiary/aromatic N) is 1. The Hall–Kier alpha value is -1.06. The third-order valence-corrected chi connectivity index (χ3v) is 3.00. The predicted molar refractivity (Wildman–Crippen MR) is 60.6 cm³/mol. The molecule has 5 nitrogen and oxygen atoms in total. The second kappa shape index (κ2) is 5.29. The Bertz CT molecular complexity index is 533. The normalized spacial score (nSPS) is 12.5. The molecule has 0 unspecified atom stereocenters. The molecule has 0 spiro atoms. The summed E-state index contributed by atoms with van der Waals surface area (Å²) in [5, 5.41) is 0.152. The second-order valence-corrected chi connectivity index (χ2v) is 5.25. The maximum absolute atomic E-state index is 11.9. The molecule has 0 aliphatic heterocycles. The molecule has 1 aromatic rings. The number of aromatic nitrogens is 1.